The normalized spacial score (nSPS) is 11.6. The van der Waals surface area contributed by atoms with Crippen LogP contribution in [0.25, 0.3) is 0 Å². The molecule has 0 aliphatic carbocycles. The van der Waals surface area contributed by atoms with Gasteiger partial charge in [-0.3, -0.25) is 4.99 Å². The second-order valence-electron chi connectivity index (χ2n) is 6.84. The molecule has 0 heterocycles. The summed E-state index contributed by atoms with van der Waals surface area (Å²) in [7, 11) is 1.78. The zero-order valence-electron chi connectivity index (χ0n) is 16.1. The number of urea groups is 1. The number of carbonyl (C=O) groups excluding carboxylic acids is 1. The molecule has 0 saturated carbocycles. The molecule has 1 rings (SSSR count). The molecule has 25 heavy (non-hydrogen) atoms. The Morgan fingerprint density at radius 1 is 1.08 bits per heavy atom. The Morgan fingerprint density at radius 2 is 1.76 bits per heavy atom. The van der Waals surface area contributed by atoms with Crippen molar-refractivity contribution in [3.8, 4) is 0 Å². The van der Waals surface area contributed by atoms with Gasteiger partial charge in [-0.25, -0.2) is 4.79 Å². The molecule has 0 aliphatic heterocycles. The number of nitrogens with zero attached hydrogens (tertiary/aromatic N) is 1. The molecular formula is C19H33N5O. The third-order valence-corrected chi connectivity index (χ3v) is 3.57. The molecule has 4 N–H and O–H groups in total. The molecular weight excluding hydrogens is 314 g/mol. The smallest absolute Gasteiger partial charge is 0.319 e. The van der Waals surface area contributed by atoms with Crippen LogP contribution < -0.4 is 21.3 Å². The summed E-state index contributed by atoms with van der Waals surface area (Å²) >= 11 is 0. The lowest BCUT2D eigenvalue weighted by molar-refractivity contribution is 0.250. The van der Waals surface area contributed by atoms with Gasteiger partial charge in [-0.15, -0.1) is 0 Å². The molecule has 0 aliphatic rings. The van der Waals surface area contributed by atoms with Crippen LogP contribution in [-0.4, -0.2) is 31.6 Å². The first-order valence-corrected chi connectivity index (χ1v) is 9.01. The number of amides is 2. The van der Waals surface area contributed by atoms with Crippen molar-refractivity contribution in [2.75, 3.05) is 18.9 Å². The van der Waals surface area contributed by atoms with Crippen LogP contribution in [0.5, 0.6) is 0 Å². The Hall–Kier alpha value is -2.24. The lowest BCUT2D eigenvalue weighted by atomic mass is 10.1. The van der Waals surface area contributed by atoms with E-state index in [-0.39, 0.29) is 12.1 Å². The first kappa shape index (κ1) is 20.8. The maximum absolute atomic E-state index is 11.7. The average molecular weight is 348 g/mol. The monoisotopic (exact) mass is 347 g/mol. The minimum atomic E-state index is -0.188. The van der Waals surface area contributed by atoms with Crippen LogP contribution in [0.4, 0.5) is 10.5 Å². The van der Waals surface area contributed by atoms with Crippen LogP contribution in [0.1, 0.15) is 46.1 Å². The lowest BCUT2D eigenvalue weighted by Gasteiger charge is -2.13. The van der Waals surface area contributed by atoms with Gasteiger partial charge in [0, 0.05) is 31.9 Å². The molecule has 0 spiro atoms. The summed E-state index contributed by atoms with van der Waals surface area (Å²) in [5.74, 6) is 1.54. The highest BCUT2D eigenvalue weighted by atomic mass is 16.2. The Labute approximate surface area is 151 Å². The van der Waals surface area contributed by atoms with E-state index in [4.69, 9.17) is 0 Å². The molecule has 6 heteroatoms. The van der Waals surface area contributed by atoms with E-state index in [1.807, 2.05) is 38.1 Å². The third-order valence-electron chi connectivity index (χ3n) is 3.57. The Morgan fingerprint density at radius 3 is 2.32 bits per heavy atom. The third kappa shape index (κ3) is 9.59. The van der Waals surface area contributed by atoms with Crippen molar-refractivity contribution in [3.63, 3.8) is 0 Å². The SMILES string of the molecule is CN=C(NCCCC(C)C)NCc1ccc(NC(=O)NC(C)C)cc1. The highest BCUT2D eigenvalue weighted by Crippen LogP contribution is 2.09. The molecule has 0 fully saturated rings. The summed E-state index contributed by atoms with van der Waals surface area (Å²) in [6, 6.07) is 7.70. The summed E-state index contributed by atoms with van der Waals surface area (Å²) in [5.41, 5.74) is 1.90. The molecule has 0 radical (unpaired) electrons. The summed E-state index contributed by atoms with van der Waals surface area (Å²) in [6.07, 6.45) is 2.35. The number of carbonyl (C=O) groups is 1. The molecule has 0 bridgehead atoms. The summed E-state index contributed by atoms with van der Waals surface area (Å²) in [5, 5.41) is 12.2. The average Bonchev–Trinajstić information content (AvgIpc) is 2.54. The highest BCUT2D eigenvalue weighted by Gasteiger charge is 2.04. The van der Waals surface area contributed by atoms with Crippen LogP contribution >= 0.6 is 0 Å². The minimum absolute atomic E-state index is 0.114. The zero-order chi connectivity index (χ0) is 18.7. The van der Waals surface area contributed by atoms with Crippen LogP contribution in [0.3, 0.4) is 0 Å². The molecule has 0 aromatic heterocycles. The molecule has 0 saturated heterocycles. The fraction of sp³-hybridized carbons (Fsp3) is 0.579. The number of benzene rings is 1. The van der Waals surface area contributed by atoms with Crippen molar-refractivity contribution in [2.45, 2.75) is 53.1 Å². The minimum Gasteiger partial charge on any atom is -0.356 e. The summed E-state index contributed by atoms with van der Waals surface area (Å²) in [4.78, 5) is 15.9. The fourth-order valence-corrected chi connectivity index (χ4v) is 2.26. The molecule has 1 aromatic rings. The number of aliphatic imine (C=N–C) groups is 1. The van der Waals surface area contributed by atoms with Crippen LogP contribution in [0, 0.1) is 5.92 Å². The molecule has 0 unspecified atom stereocenters. The van der Waals surface area contributed by atoms with Crippen LogP contribution in [0.2, 0.25) is 0 Å². The largest absolute Gasteiger partial charge is 0.356 e. The molecule has 0 atom stereocenters. The summed E-state index contributed by atoms with van der Waals surface area (Å²) < 4.78 is 0. The van der Waals surface area contributed by atoms with E-state index < -0.39 is 0 Å². The van der Waals surface area contributed by atoms with Crippen LogP contribution in [-0.2, 0) is 6.54 Å². The number of anilines is 1. The van der Waals surface area contributed by atoms with Gasteiger partial charge in [-0.05, 0) is 50.3 Å². The second kappa shape index (κ2) is 11.3. The number of guanidine groups is 1. The maximum atomic E-state index is 11.7. The van der Waals surface area contributed by atoms with Gasteiger partial charge >= 0.3 is 6.03 Å². The molecule has 2 amide bonds. The van der Waals surface area contributed by atoms with Crippen molar-refractivity contribution in [2.24, 2.45) is 10.9 Å². The quantitative estimate of drug-likeness (QED) is 0.331. The van der Waals surface area contributed by atoms with E-state index in [0.717, 1.165) is 36.1 Å². The predicted octanol–water partition coefficient (Wildman–Crippen LogP) is 3.32. The van der Waals surface area contributed by atoms with Gasteiger partial charge in [0.1, 0.15) is 0 Å². The number of hydrogen-bond donors (Lipinski definition) is 4. The second-order valence-corrected chi connectivity index (χ2v) is 6.84. The van der Waals surface area contributed by atoms with Gasteiger partial charge in [0.05, 0.1) is 0 Å². The van der Waals surface area contributed by atoms with Crippen molar-refractivity contribution >= 4 is 17.7 Å². The fourth-order valence-electron chi connectivity index (χ4n) is 2.26. The Balaban J connectivity index is 2.37. The van der Waals surface area contributed by atoms with Gasteiger partial charge in [0.2, 0.25) is 0 Å². The topological polar surface area (TPSA) is 77.6 Å². The number of hydrogen-bond acceptors (Lipinski definition) is 2. The standard InChI is InChI=1S/C19H33N5O/c1-14(2)7-6-12-21-18(20-5)22-13-16-8-10-17(11-9-16)24-19(25)23-15(3)4/h8-11,14-15H,6-7,12-13H2,1-5H3,(H2,20,21,22)(H2,23,24,25). The van der Waals surface area contributed by atoms with Crippen molar-refractivity contribution in [3.05, 3.63) is 29.8 Å². The van der Waals surface area contributed by atoms with E-state index in [1.54, 1.807) is 7.05 Å². The Kier molecular flexibility index (Phi) is 9.43. The highest BCUT2D eigenvalue weighted by molar-refractivity contribution is 5.89. The maximum Gasteiger partial charge on any atom is 0.319 e. The van der Waals surface area contributed by atoms with E-state index in [0.29, 0.717) is 6.54 Å². The van der Waals surface area contributed by atoms with Gasteiger partial charge in [-0.1, -0.05) is 26.0 Å². The predicted molar refractivity (Wildman–Crippen MR) is 106 cm³/mol. The summed E-state index contributed by atoms with van der Waals surface area (Å²) in [6.45, 7) is 9.93. The van der Waals surface area contributed by atoms with Crippen LogP contribution in [0.15, 0.2) is 29.3 Å². The van der Waals surface area contributed by atoms with Crippen molar-refractivity contribution < 1.29 is 4.79 Å². The van der Waals surface area contributed by atoms with E-state index >= 15 is 0 Å². The van der Waals surface area contributed by atoms with E-state index in [9.17, 15) is 4.79 Å². The van der Waals surface area contributed by atoms with Crippen molar-refractivity contribution in [1.82, 2.24) is 16.0 Å². The molecule has 140 valence electrons. The molecule has 1 aromatic carbocycles. The van der Waals surface area contributed by atoms with E-state index in [1.165, 1.54) is 6.42 Å². The number of nitrogens with one attached hydrogen (secondary N) is 4. The van der Waals surface area contributed by atoms with Gasteiger partial charge in [-0.2, -0.15) is 0 Å². The number of rotatable bonds is 8. The lowest BCUT2D eigenvalue weighted by Crippen LogP contribution is -2.37. The first-order valence-electron chi connectivity index (χ1n) is 9.01. The zero-order valence-corrected chi connectivity index (χ0v) is 16.1. The first-order chi connectivity index (χ1) is 11.9. The molecule has 6 nitrogen and oxygen atoms in total. The van der Waals surface area contributed by atoms with Gasteiger partial charge in [0.25, 0.3) is 0 Å². The van der Waals surface area contributed by atoms with Gasteiger partial charge in [0.15, 0.2) is 5.96 Å². The van der Waals surface area contributed by atoms with E-state index in [2.05, 4.69) is 40.1 Å². The van der Waals surface area contributed by atoms with Crippen molar-refractivity contribution in [1.29, 1.82) is 0 Å². The Bertz CT molecular complexity index is 537. The van der Waals surface area contributed by atoms with Gasteiger partial charge < -0.3 is 21.3 Å².